The van der Waals surface area contributed by atoms with Gasteiger partial charge in [-0.1, -0.05) is 6.08 Å². The maximum absolute atomic E-state index is 10.1. The Balaban J connectivity index is 2.03. The molecule has 1 aromatic rings. The molecule has 0 atom stereocenters. The minimum absolute atomic E-state index is 0.590. The van der Waals surface area contributed by atoms with Crippen LogP contribution in [0.15, 0.2) is 30.5 Å². The van der Waals surface area contributed by atoms with Crippen molar-refractivity contribution in [3.05, 3.63) is 36.2 Å². The molecule has 0 spiro atoms. The average Bonchev–Trinajstić information content (AvgIpc) is 2.63. The lowest BCUT2D eigenvalue weighted by Crippen LogP contribution is -2.17. The highest BCUT2D eigenvalue weighted by Crippen LogP contribution is 1.93. The molecule has 0 fully saturated rings. The SMILES string of the molecule is O=C(O)/C=C/CNCCc1ccc[nH]1. The number of rotatable bonds is 6. The highest BCUT2D eigenvalue weighted by molar-refractivity contribution is 5.79. The van der Waals surface area contributed by atoms with Crippen molar-refractivity contribution in [1.82, 2.24) is 10.3 Å². The van der Waals surface area contributed by atoms with E-state index >= 15 is 0 Å². The van der Waals surface area contributed by atoms with E-state index in [4.69, 9.17) is 5.11 Å². The van der Waals surface area contributed by atoms with Crippen LogP contribution in [-0.4, -0.2) is 29.1 Å². The average molecular weight is 194 g/mol. The number of carbonyl (C=O) groups is 1. The van der Waals surface area contributed by atoms with Gasteiger partial charge in [0.25, 0.3) is 0 Å². The summed E-state index contributed by atoms with van der Waals surface area (Å²) in [5, 5.41) is 11.4. The quantitative estimate of drug-likeness (QED) is 0.463. The number of H-pyrrole nitrogens is 1. The van der Waals surface area contributed by atoms with Gasteiger partial charge in [0.2, 0.25) is 0 Å². The van der Waals surface area contributed by atoms with Crippen molar-refractivity contribution in [2.75, 3.05) is 13.1 Å². The van der Waals surface area contributed by atoms with Gasteiger partial charge >= 0.3 is 5.97 Å². The van der Waals surface area contributed by atoms with E-state index in [1.54, 1.807) is 6.08 Å². The van der Waals surface area contributed by atoms with Gasteiger partial charge in [-0.25, -0.2) is 4.79 Å². The molecule has 1 rings (SSSR count). The highest BCUT2D eigenvalue weighted by Gasteiger charge is 1.91. The molecule has 4 heteroatoms. The van der Waals surface area contributed by atoms with Gasteiger partial charge in [-0.15, -0.1) is 0 Å². The van der Waals surface area contributed by atoms with E-state index in [0.717, 1.165) is 19.0 Å². The smallest absolute Gasteiger partial charge is 0.328 e. The lowest BCUT2D eigenvalue weighted by atomic mass is 10.3. The molecule has 1 heterocycles. The van der Waals surface area contributed by atoms with E-state index in [0.29, 0.717) is 6.54 Å². The molecule has 14 heavy (non-hydrogen) atoms. The van der Waals surface area contributed by atoms with E-state index in [9.17, 15) is 4.79 Å². The zero-order valence-electron chi connectivity index (χ0n) is 7.86. The lowest BCUT2D eigenvalue weighted by Gasteiger charge is -1.98. The van der Waals surface area contributed by atoms with Crippen molar-refractivity contribution < 1.29 is 9.90 Å². The van der Waals surface area contributed by atoms with Gasteiger partial charge in [-0.05, 0) is 18.6 Å². The van der Waals surface area contributed by atoms with E-state index in [1.807, 2.05) is 18.3 Å². The number of carboxylic acids is 1. The molecule has 3 N–H and O–H groups in total. The molecular formula is C10H14N2O2. The van der Waals surface area contributed by atoms with Gasteiger partial charge in [0.1, 0.15) is 0 Å². The number of nitrogens with one attached hydrogen (secondary N) is 2. The van der Waals surface area contributed by atoms with Crippen LogP contribution in [0.2, 0.25) is 0 Å². The third-order valence-electron chi connectivity index (χ3n) is 1.76. The Kier molecular flexibility index (Phi) is 4.50. The molecule has 0 aliphatic rings. The predicted molar refractivity (Wildman–Crippen MR) is 54.1 cm³/mol. The number of hydrogen-bond donors (Lipinski definition) is 3. The predicted octanol–water partition coefficient (Wildman–Crippen LogP) is 0.788. The molecule has 0 radical (unpaired) electrons. The van der Waals surface area contributed by atoms with Crippen LogP contribution in [-0.2, 0) is 11.2 Å². The third kappa shape index (κ3) is 4.47. The van der Waals surface area contributed by atoms with Crippen LogP contribution in [0.1, 0.15) is 5.69 Å². The van der Waals surface area contributed by atoms with Crippen LogP contribution in [0.4, 0.5) is 0 Å². The van der Waals surface area contributed by atoms with Gasteiger partial charge in [-0.2, -0.15) is 0 Å². The zero-order valence-corrected chi connectivity index (χ0v) is 7.86. The molecule has 1 aromatic heterocycles. The first-order valence-corrected chi connectivity index (χ1v) is 4.51. The molecule has 0 bridgehead atoms. The fourth-order valence-corrected chi connectivity index (χ4v) is 1.09. The zero-order chi connectivity index (χ0) is 10.2. The minimum atomic E-state index is -0.906. The Morgan fingerprint density at radius 1 is 1.64 bits per heavy atom. The van der Waals surface area contributed by atoms with Crippen molar-refractivity contribution in [2.45, 2.75) is 6.42 Å². The molecule has 0 amide bonds. The van der Waals surface area contributed by atoms with Gasteiger partial charge in [-0.3, -0.25) is 0 Å². The Bertz CT molecular complexity index is 291. The van der Waals surface area contributed by atoms with Crippen LogP contribution in [0.3, 0.4) is 0 Å². The summed E-state index contributed by atoms with van der Waals surface area (Å²) >= 11 is 0. The molecule has 0 aromatic carbocycles. The first-order chi connectivity index (χ1) is 6.79. The standard InChI is InChI=1S/C10H14N2O2/c13-10(14)4-2-6-11-8-5-9-3-1-7-12-9/h1-4,7,11-12H,5-6,8H2,(H,13,14)/b4-2+. The fraction of sp³-hybridized carbons (Fsp3) is 0.300. The maximum Gasteiger partial charge on any atom is 0.328 e. The van der Waals surface area contributed by atoms with E-state index in [1.165, 1.54) is 5.69 Å². The van der Waals surface area contributed by atoms with Gasteiger partial charge in [0.05, 0.1) is 0 Å². The van der Waals surface area contributed by atoms with Gasteiger partial charge in [0, 0.05) is 31.1 Å². The van der Waals surface area contributed by atoms with Crippen LogP contribution in [0, 0.1) is 0 Å². The molecule has 4 nitrogen and oxygen atoms in total. The molecule has 0 saturated heterocycles. The summed E-state index contributed by atoms with van der Waals surface area (Å²) in [5.41, 5.74) is 1.18. The summed E-state index contributed by atoms with van der Waals surface area (Å²) in [6.07, 6.45) is 5.55. The van der Waals surface area contributed by atoms with Crippen LogP contribution >= 0.6 is 0 Å². The lowest BCUT2D eigenvalue weighted by molar-refractivity contribution is -0.131. The molecule has 0 saturated carbocycles. The van der Waals surface area contributed by atoms with E-state index < -0.39 is 5.97 Å². The largest absolute Gasteiger partial charge is 0.478 e. The first-order valence-electron chi connectivity index (χ1n) is 4.51. The van der Waals surface area contributed by atoms with Crippen molar-refractivity contribution in [3.8, 4) is 0 Å². The van der Waals surface area contributed by atoms with Crippen LogP contribution in [0.5, 0.6) is 0 Å². The van der Waals surface area contributed by atoms with Crippen molar-refractivity contribution >= 4 is 5.97 Å². The maximum atomic E-state index is 10.1. The second kappa shape index (κ2) is 5.99. The fourth-order valence-electron chi connectivity index (χ4n) is 1.09. The summed E-state index contributed by atoms with van der Waals surface area (Å²) < 4.78 is 0. The van der Waals surface area contributed by atoms with Gasteiger partial charge < -0.3 is 15.4 Å². The second-order valence-electron chi connectivity index (χ2n) is 2.89. The second-order valence-corrected chi connectivity index (χ2v) is 2.89. The molecular weight excluding hydrogens is 180 g/mol. The summed E-state index contributed by atoms with van der Waals surface area (Å²) in [7, 11) is 0. The topological polar surface area (TPSA) is 65.1 Å². The summed E-state index contributed by atoms with van der Waals surface area (Å²) in [5.74, 6) is -0.906. The number of aromatic nitrogens is 1. The van der Waals surface area contributed by atoms with E-state index in [-0.39, 0.29) is 0 Å². The van der Waals surface area contributed by atoms with Crippen molar-refractivity contribution in [3.63, 3.8) is 0 Å². The van der Waals surface area contributed by atoms with Gasteiger partial charge in [0.15, 0.2) is 0 Å². The molecule has 0 aliphatic heterocycles. The van der Waals surface area contributed by atoms with Crippen LogP contribution in [0.25, 0.3) is 0 Å². The summed E-state index contributed by atoms with van der Waals surface area (Å²) in [6, 6.07) is 3.98. The normalized spacial score (nSPS) is 10.9. The third-order valence-corrected chi connectivity index (χ3v) is 1.76. The van der Waals surface area contributed by atoms with Crippen molar-refractivity contribution in [2.24, 2.45) is 0 Å². The van der Waals surface area contributed by atoms with Crippen LogP contribution < -0.4 is 5.32 Å². The summed E-state index contributed by atoms with van der Waals surface area (Å²) in [4.78, 5) is 13.2. The number of aliphatic carboxylic acids is 1. The highest BCUT2D eigenvalue weighted by atomic mass is 16.4. The summed E-state index contributed by atoms with van der Waals surface area (Å²) in [6.45, 7) is 1.43. The minimum Gasteiger partial charge on any atom is -0.478 e. The Labute approximate surface area is 82.6 Å². The van der Waals surface area contributed by atoms with E-state index in [2.05, 4.69) is 10.3 Å². The monoisotopic (exact) mass is 194 g/mol. The van der Waals surface area contributed by atoms with Crippen molar-refractivity contribution in [1.29, 1.82) is 0 Å². The molecule has 76 valence electrons. The Morgan fingerprint density at radius 2 is 2.50 bits per heavy atom. The number of hydrogen-bond acceptors (Lipinski definition) is 2. The number of carboxylic acid groups (broad SMARTS) is 1. The number of aromatic amines is 1. The molecule has 0 unspecified atom stereocenters. The Morgan fingerprint density at radius 3 is 3.14 bits per heavy atom. The Hall–Kier alpha value is -1.55. The first kappa shape index (κ1) is 10.5. The molecule has 0 aliphatic carbocycles.